The Morgan fingerprint density at radius 3 is 2.41 bits per heavy atom. The lowest BCUT2D eigenvalue weighted by Gasteiger charge is -2.28. The predicted octanol–water partition coefficient (Wildman–Crippen LogP) is 7.63. The molecule has 1 aliphatic carbocycles. The summed E-state index contributed by atoms with van der Waals surface area (Å²) in [5.74, 6) is 0.350. The van der Waals surface area contributed by atoms with Gasteiger partial charge in [-0.25, -0.2) is 4.79 Å². The molecular weight excluding hydrogens is 480 g/mol. The molecule has 4 rings (SSSR count). The Kier molecular flexibility index (Phi) is 10.1. The quantitative estimate of drug-likeness (QED) is 0.222. The third kappa shape index (κ3) is 8.39. The topological polar surface area (TPSA) is 58.6 Å². The van der Waals surface area contributed by atoms with Gasteiger partial charge in [0, 0.05) is 34.5 Å². The summed E-state index contributed by atoms with van der Waals surface area (Å²) in [5, 5.41) is 3.28. The average Bonchev–Trinajstić information content (AvgIpc) is 2.91. The molecule has 0 aromatic heterocycles. The summed E-state index contributed by atoms with van der Waals surface area (Å²) in [6.45, 7) is 2.57. The number of benzene rings is 3. The third-order valence-corrected chi connectivity index (χ3v) is 7.52. The SMILES string of the molecule is CCCC(=O)Oc1cccc(Sc2ccc(N(CCc3ccccc3)C(=O)NC3CCCCC3)cc2)c1. The fourth-order valence-corrected chi connectivity index (χ4v) is 5.42. The largest absolute Gasteiger partial charge is 0.426 e. The Morgan fingerprint density at radius 2 is 1.68 bits per heavy atom. The molecule has 1 saturated carbocycles. The van der Waals surface area contributed by atoms with Crippen LogP contribution >= 0.6 is 11.8 Å². The molecule has 6 heteroatoms. The molecule has 0 radical (unpaired) electrons. The number of urea groups is 1. The zero-order chi connectivity index (χ0) is 25.9. The molecule has 0 unspecified atom stereocenters. The van der Waals surface area contributed by atoms with Crippen molar-refractivity contribution in [3.05, 3.63) is 84.4 Å². The molecule has 0 bridgehead atoms. The Labute approximate surface area is 224 Å². The van der Waals surface area contributed by atoms with Crippen molar-refractivity contribution in [3.8, 4) is 5.75 Å². The number of hydrogen-bond acceptors (Lipinski definition) is 4. The summed E-state index contributed by atoms with van der Waals surface area (Å²) in [6.07, 6.45) is 7.70. The van der Waals surface area contributed by atoms with Gasteiger partial charge < -0.3 is 10.1 Å². The molecule has 0 heterocycles. The maximum atomic E-state index is 13.3. The first-order valence-electron chi connectivity index (χ1n) is 13.3. The van der Waals surface area contributed by atoms with E-state index >= 15 is 0 Å². The van der Waals surface area contributed by atoms with Crippen molar-refractivity contribution in [1.82, 2.24) is 5.32 Å². The van der Waals surface area contributed by atoms with E-state index in [0.29, 0.717) is 18.7 Å². The number of ether oxygens (including phenoxy) is 1. The second-order valence-corrected chi connectivity index (χ2v) is 10.6. The fourth-order valence-electron chi connectivity index (χ4n) is 4.55. The van der Waals surface area contributed by atoms with Gasteiger partial charge in [-0.15, -0.1) is 0 Å². The van der Waals surface area contributed by atoms with Crippen molar-refractivity contribution in [3.63, 3.8) is 0 Å². The molecule has 3 aromatic rings. The lowest BCUT2D eigenvalue weighted by molar-refractivity contribution is -0.134. The molecule has 1 fully saturated rings. The average molecular weight is 517 g/mol. The molecule has 1 N–H and O–H groups in total. The number of carbonyl (C=O) groups is 2. The first kappa shape index (κ1) is 26.8. The van der Waals surface area contributed by atoms with E-state index in [2.05, 4.69) is 17.4 Å². The van der Waals surface area contributed by atoms with Crippen LogP contribution in [0.3, 0.4) is 0 Å². The Morgan fingerprint density at radius 1 is 0.919 bits per heavy atom. The second-order valence-electron chi connectivity index (χ2n) is 9.47. The summed E-state index contributed by atoms with van der Waals surface area (Å²) in [5.41, 5.74) is 2.10. The van der Waals surface area contributed by atoms with E-state index in [9.17, 15) is 9.59 Å². The molecule has 5 nitrogen and oxygen atoms in total. The van der Waals surface area contributed by atoms with Crippen LogP contribution in [0.4, 0.5) is 10.5 Å². The highest BCUT2D eigenvalue weighted by Crippen LogP contribution is 2.32. The van der Waals surface area contributed by atoms with Crippen molar-refractivity contribution in [1.29, 1.82) is 0 Å². The van der Waals surface area contributed by atoms with E-state index in [1.165, 1.54) is 24.8 Å². The summed E-state index contributed by atoms with van der Waals surface area (Å²) >= 11 is 1.60. The van der Waals surface area contributed by atoms with Crippen LogP contribution in [0.25, 0.3) is 0 Å². The van der Waals surface area contributed by atoms with Crippen LogP contribution in [0.5, 0.6) is 5.75 Å². The highest BCUT2D eigenvalue weighted by atomic mass is 32.2. The number of amides is 2. The summed E-state index contributed by atoms with van der Waals surface area (Å²) in [4.78, 5) is 29.1. The fraction of sp³-hybridized carbons (Fsp3) is 0.355. The number of nitrogens with one attached hydrogen (secondary N) is 1. The lowest BCUT2D eigenvalue weighted by Crippen LogP contribution is -2.46. The first-order valence-corrected chi connectivity index (χ1v) is 14.1. The molecule has 194 valence electrons. The van der Waals surface area contributed by atoms with Gasteiger partial charge in [0.1, 0.15) is 5.75 Å². The van der Waals surface area contributed by atoms with Gasteiger partial charge in [0.25, 0.3) is 0 Å². The Hall–Kier alpha value is -3.25. The van der Waals surface area contributed by atoms with Gasteiger partial charge in [-0.3, -0.25) is 9.69 Å². The monoisotopic (exact) mass is 516 g/mol. The first-order chi connectivity index (χ1) is 18.1. The molecule has 1 aliphatic rings. The van der Waals surface area contributed by atoms with E-state index in [-0.39, 0.29) is 18.0 Å². The number of hydrogen-bond donors (Lipinski definition) is 1. The van der Waals surface area contributed by atoms with Crippen LogP contribution in [-0.2, 0) is 11.2 Å². The van der Waals surface area contributed by atoms with Crippen molar-refractivity contribution in [2.24, 2.45) is 0 Å². The van der Waals surface area contributed by atoms with E-state index in [0.717, 1.165) is 41.2 Å². The van der Waals surface area contributed by atoms with Gasteiger partial charge in [-0.05, 0) is 73.7 Å². The minimum absolute atomic E-state index is 0.0233. The predicted molar refractivity (Wildman–Crippen MR) is 150 cm³/mol. The molecular formula is C31H36N2O3S. The Balaban J connectivity index is 1.44. The van der Waals surface area contributed by atoms with E-state index in [1.807, 2.05) is 72.5 Å². The normalized spacial score (nSPS) is 13.6. The zero-order valence-electron chi connectivity index (χ0n) is 21.5. The highest BCUT2D eigenvalue weighted by molar-refractivity contribution is 7.99. The van der Waals surface area contributed by atoms with E-state index in [1.54, 1.807) is 17.8 Å². The highest BCUT2D eigenvalue weighted by Gasteiger charge is 2.21. The maximum absolute atomic E-state index is 13.3. The zero-order valence-corrected chi connectivity index (χ0v) is 22.3. The van der Waals surface area contributed by atoms with Crippen LogP contribution in [0.1, 0.15) is 57.4 Å². The number of carbonyl (C=O) groups excluding carboxylic acids is 2. The van der Waals surface area contributed by atoms with Gasteiger partial charge >= 0.3 is 12.0 Å². The lowest BCUT2D eigenvalue weighted by atomic mass is 9.96. The van der Waals surface area contributed by atoms with Crippen LogP contribution in [0.2, 0.25) is 0 Å². The standard InChI is InChI=1S/C31H36N2O3S/c1-2-10-30(34)36-27-15-9-16-29(23-27)37-28-19-17-26(18-20-28)33(22-21-24-11-5-3-6-12-24)31(35)32-25-13-7-4-8-14-25/h3,5-6,9,11-12,15-20,23,25H,2,4,7-8,10,13-14,21-22H2,1H3,(H,32,35). The number of esters is 1. The molecule has 37 heavy (non-hydrogen) atoms. The molecule has 0 aliphatic heterocycles. The number of nitrogens with zero attached hydrogens (tertiary/aromatic N) is 1. The third-order valence-electron chi connectivity index (χ3n) is 6.52. The second kappa shape index (κ2) is 13.9. The Bertz CT molecular complexity index is 1140. The minimum atomic E-state index is -0.212. The van der Waals surface area contributed by atoms with Gasteiger partial charge in [-0.1, -0.05) is 74.3 Å². The van der Waals surface area contributed by atoms with E-state index < -0.39 is 0 Å². The molecule has 0 spiro atoms. The number of rotatable bonds is 10. The van der Waals surface area contributed by atoms with Gasteiger partial charge in [-0.2, -0.15) is 0 Å². The summed E-state index contributed by atoms with van der Waals surface area (Å²) in [7, 11) is 0. The van der Waals surface area contributed by atoms with E-state index in [4.69, 9.17) is 4.74 Å². The smallest absolute Gasteiger partial charge is 0.322 e. The minimum Gasteiger partial charge on any atom is -0.426 e. The van der Waals surface area contributed by atoms with Crippen LogP contribution < -0.4 is 15.0 Å². The van der Waals surface area contributed by atoms with Crippen molar-refractivity contribution < 1.29 is 14.3 Å². The van der Waals surface area contributed by atoms with Crippen molar-refractivity contribution in [2.45, 2.75) is 74.1 Å². The molecule has 2 amide bonds. The van der Waals surface area contributed by atoms with Gasteiger partial charge in [0.05, 0.1) is 0 Å². The van der Waals surface area contributed by atoms with Crippen molar-refractivity contribution in [2.75, 3.05) is 11.4 Å². The van der Waals surface area contributed by atoms with Gasteiger partial charge in [0.15, 0.2) is 0 Å². The van der Waals surface area contributed by atoms with Crippen molar-refractivity contribution >= 4 is 29.4 Å². The summed E-state index contributed by atoms with van der Waals surface area (Å²) in [6, 6.07) is 26.2. The van der Waals surface area contributed by atoms with Crippen LogP contribution in [0.15, 0.2) is 88.7 Å². The molecule has 0 saturated heterocycles. The van der Waals surface area contributed by atoms with Crippen LogP contribution in [0, 0.1) is 0 Å². The summed E-state index contributed by atoms with van der Waals surface area (Å²) < 4.78 is 5.43. The molecule has 3 aromatic carbocycles. The molecule has 0 atom stereocenters. The number of anilines is 1. The maximum Gasteiger partial charge on any atom is 0.322 e. The van der Waals surface area contributed by atoms with Crippen LogP contribution in [-0.4, -0.2) is 24.6 Å². The van der Waals surface area contributed by atoms with Gasteiger partial charge in [0.2, 0.25) is 0 Å².